The molecule has 18 heavy (non-hydrogen) atoms. The lowest BCUT2D eigenvalue weighted by molar-refractivity contribution is 0.922. The van der Waals surface area contributed by atoms with Gasteiger partial charge in [-0.25, -0.2) is 4.98 Å². The number of hydrogen-bond donors (Lipinski definition) is 1. The van der Waals surface area contributed by atoms with Gasteiger partial charge in [0.15, 0.2) is 0 Å². The van der Waals surface area contributed by atoms with E-state index in [1.807, 2.05) is 26.0 Å². The van der Waals surface area contributed by atoms with E-state index in [0.717, 1.165) is 29.8 Å². The number of aromatic amines is 1. The van der Waals surface area contributed by atoms with Gasteiger partial charge in [0.1, 0.15) is 5.69 Å². The molecule has 0 aliphatic heterocycles. The zero-order valence-electron chi connectivity index (χ0n) is 11.1. The summed E-state index contributed by atoms with van der Waals surface area (Å²) < 4.78 is 0. The first-order valence-electron chi connectivity index (χ1n) is 6.28. The van der Waals surface area contributed by atoms with Gasteiger partial charge in [-0.2, -0.15) is 0 Å². The van der Waals surface area contributed by atoms with E-state index < -0.39 is 0 Å². The van der Waals surface area contributed by atoms with Gasteiger partial charge in [0, 0.05) is 11.3 Å². The van der Waals surface area contributed by atoms with Crippen LogP contribution in [0.1, 0.15) is 30.3 Å². The molecule has 0 saturated heterocycles. The molecular formula is C15H18N2O. The highest BCUT2D eigenvalue weighted by Gasteiger charge is 2.07. The van der Waals surface area contributed by atoms with E-state index in [0.29, 0.717) is 5.69 Å². The van der Waals surface area contributed by atoms with E-state index in [9.17, 15) is 4.79 Å². The van der Waals surface area contributed by atoms with Crippen LogP contribution < -0.4 is 5.56 Å². The number of H-pyrrole nitrogens is 1. The average molecular weight is 242 g/mol. The molecule has 0 aliphatic carbocycles. The van der Waals surface area contributed by atoms with Crippen molar-refractivity contribution < 1.29 is 0 Å². The first-order valence-corrected chi connectivity index (χ1v) is 6.28. The van der Waals surface area contributed by atoms with Crippen LogP contribution in [-0.2, 0) is 6.42 Å². The molecule has 0 aliphatic rings. The Bertz CT molecular complexity index is 597. The fraction of sp³-hybridized carbons (Fsp3) is 0.333. The summed E-state index contributed by atoms with van der Waals surface area (Å²) in [4.78, 5) is 19.1. The zero-order valence-corrected chi connectivity index (χ0v) is 11.1. The lowest BCUT2D eigenvalue weighted by Crippen LogP contribution is -2.14. The predicted molar refractivity (Wildman–Crippen MR) is 73.8 cm³/mol. The monoisotopic (exact) mass is 242 g/mol. The molecule has 0 atom stereocenters. The molecule has 1 aromatic heterocycles. The number of nitrogens with one attached hydrogen (secondary N) is 1. The summed E-state index contributed by atoms with van der Waals surface area (Å²) in [6, 6.07) is 8.07. The maximum Gasteiger partial charge on any atom is 0.274 e. The second-order valence-electron chi connectivity index (χ2n) is 4.57. The summed E-state index contributed by atoms with van der Waals surface area (Å²) in [5, 5.41) is 0. The number of hydrogen-bond acceptors (Lipinski definition) is 2. The van der Waals surface area contributed by atoms with E-state index >= 15 is 0 Å². The van der Waals surface area contributed by atoms with Crippen LogP contribution in [0.25, 0.3) is 11.3 Å². The summed E-state index contributed by atoms with van der Waals surface area (Å²) >= 11 is 0. The quantitative estimate of drug-likeness (QED) is 0.899. The van der Waals surface area contributed by atoms with Crippen molar-refractivity contribution in [2.45, 2.75) is 33.6 Å². The molecule has 0 fully saturated rings. The molecule has 3 nitrogen and oxygen atoms in total. The lowest BCUT2D eigenvalue weighted by Gasteiger charge is -2.05. The summed E-state index contributed by atoms with van der Waals surface area (Å²) in [7, 11) is 0. The van der Waals surface area contributed by atoms with E-state index in [2.05, 4.69) is 29.0 Å². The van der Waals surface area contributed by atoms with Gasteiger partial charge in [0.25, 0.3) is 5.56 Å². The van der Waals surface area contributed by atoms with Gasteiger partial charge in [-0.1, -0.05) is 37.6 Å². The Morgan fingerprint density at radius 1 is 1.17 bits per heavy atom. The molecule has 2 aromatic rings. The Morgan fingerprint density at radius 2 is 1.83 bits per heavy atom. The van der Waals surface area contributed by atoms with Gasteiger partial charge in [-0.3, -0.25) is 4.79 Å². The Morgan fingerprint density at radius 3 is 2.44 bits per heavy atom. The van der Waals surface area contributed by atoms with Crippen molar-refractivity contribution in [3.05, 3.63) is 51.6 Å². The number of rotatable bonds is 3. The van der Waals surface area contributed by atoms with Gasteiger partial charge >= 0.3 is 0 Å². The average Bonchev–Trinajstić information content (AvgIpc) is 2.35. The predicted octanol–water partition coefficient (Wildman–Crippen LogP) is 3.01. The molecule has 94 valence electrons. The fourth-order valence-electron chi connectivity index (χ4n) is 1.94. The van der Waals surface area contributed by atoms with E-state index in [1.165, 1.54) is 5.56 Å². The van der Waals surface area contributed by atoms with Gasteiger partial charge in [-0.05, 0) is 25.8 Å². The number of benzene rings is 1. The third-order valence-electron chi connectivity index (χ3n) is 3.10. The van der Waals surface area contributed by atoms with Crippen molar-refractivity contribution in [1.29, 1.82) is 0 Å². The highest BCUT2D eigenvalue weighted by molar-refractivity contribution is 5.58. The molecule has 0 amide bonds. The molecule has 0 radical (unpaired) electrons. The summed E-state index contributed by atoms with van der Waals surface area (Å²) in [6.07, 6.45) is 2.19. The van der Waals surface area contributed by atoms with Crippen molar-refractivity contribution in [1.82, 2.24) is 9.97 Å². The molecule has 2 rings (SSSR count). The minimum absolute atomic E-state index is 0.124. The Balaban J connectivity index is 2.42. The smallest absolute Gasteiger partial charge is 0.274 e. The first-order chi connectivity index (χ1) is 8.61. The Hall–Kier alpha value is -1.90. The fourth-order valence-corrected chi connectivity index (χ4v) is 1.94. The van der Waals surface area contributed by atoms with Gasteiger partial charge in [0.05, 0.1) is 5.69 Å². The number of nitrogens with zero attached hydrogens (tertiary/aromatic N) is 1. The molecule has 0 saturated carbocycles. The van der Waals surface area contributed by atoms with Crippen LogP contribution in [0, 0.1) is 13.8 Å². The second kappa shape index (κ2) is 5.17. The minimum Gasteiger partial charge on any atom is -0.323 e. The highest BCUT2D eigenvalue weighted by atomic mass is 16.1. The number of aryl methyl sites for hydroxylation is 3. The van der Waals surface area contributed by atoms with Gasteiger partial charge in [-0.15, -0.1) is 0 Å². The van der Waals surface area contributed by atoms with Crippen LogP contribution in [-0.4, -0.2) is 9.97 Å². The standard InChI is InChI=1S/C15H18N2O/c1-4-5-12-6-8-13(9-7-12)14-15(18)17-11(3)10(2)16-14/h6-9H,4-5H2,1-3H3,(H,17,18). The first kappa shape index (κ1) is 12.6. The third-order valence-corrected chi connectivity index (χ3v) is 3.10. The minimum atomic E-state index is -0.124. The highest BCUT2D eigenvalue weighted by Crippen LogP contribution is 2.15. The molecule has 3 heteroatoms. The summed E-state index contributed by atoms with van der Waals surface area (Å²) in [6.45, 7) is 5.92. The summed E-state index contributed by atoms with van der Waals surface area (Å²) in [5.41, 5.74) is 4.23. The van der Waals surface area contributed by atoms with Crippen LogP contribution in [0.15, 0.2) is 29.1 Å². The van der Waals surface area contributed by atoms with Crippen molar-refractivity contribution in [3.63, 3.8) is 0 Å². The van der Waals surface area contributed by atoms with Crippen LogP contribution in [0.4, 0.5) is 0 Å². The van der Waals surface area contributed by atoms with E-state index in [1.54, 1.807) is 0 Å². The molecule has 1 heterocycles. The molecule has 0 spiro atoms. The molecular weight excluding hydrogens is 224 g/mol. The Labute approximate surface area is 107 Å². The maximum atomic E-state index is 11.9. The molecule has 0 bridgehead atoms. The van der Waals surface area contributed by atoms with Crippen LogP contribution in [0.5, 0.6) is 0 Å². The molecule has 1 aromatic carbocycles. The second-order valence-corrected chi connectivity index (χ2v) is 4.57. The van der Waals surface area contributed by atoms with E-state index in [4.69, 9.17) is 0 Å². The van der Waals surface area contributed by atoms with Crippen molar-refractivity contribution in [2.24, 2.45) is 0 Å². The number of aromatic nitrogens is 2. The third kappa shape index (κ3) is 2.50. The van der Waals surface area contributed by atoms with Crippen LogP contribution in [0.2, 0.25) is 0 Å². The lowest BCUT2D eigenvalue weighted by atomic mass is 10.1. The maximum absolute atomic E-state index is 11.9. The molecule has 0 unspecified atom stereocenters. The topological polar surface area (TPSA) is 45.8 Å². The van der Waals surface area contributed by atoms with Crippen molar-refractivity contribution in [3.8, 4) is 11.3 Å². The van der Waals surface area contributed by atoms with Crippen molar-refractivity contribution in [2.75, 3.05) is 0 Å². The van der Waals surface area contributed by atoms with Gasteiger partial charge in [0.2, 0.25) is 0 Å². The normalized spacial score (nSPS) is 10.6. The zero-order chi connectivity index (χ0) is 13.1. The van der Waals surface area contributed by atoms with Crippen LogP contribution >= 0.6 is 0 Å². The van der Waals surface area contributed by atoms with E-state index in [-0.39, 0.29) is 5.56 Å². The molecule has 1 N–H and O–H groups in total. The van der Waals surface area contributed by atoms with Gasteiger partial charge < -0.3 is 4.98 Å². The largest absolute Gasteiger partial charge is 0.323 e. The summed E-state index contributed by atoms with van der Waals surface area (Å²) in [5.74, 6) is 0. The SMILES string of the molecule is CCCc1ccc(-c2nc(C)c(C)[nH]c2=O)cc1. The van der Waals surface area contributed by atoms with Crippen LogP contribution in [0.3, 0.4) is 0 Å². The van der Waals surface area contributed by atoms with Crippen molar-refractivity contribution >= 4 is 0 Å². The Kier molecular flexibility index (Phi) is 3.60.